The molecule has 1 atom stereocenters. The SMILES string of the molecule is CCCC1CN(CC2COCCN2)C1. The molecule has 2 rings (SSSR count). The Morgan fingerprint density at radius 3 is 2.93 bits per heavy atom. The van der Waals surface area contributed by atoms with Crippen LogP contribution in [0.15, 0.2) is 0 Å². The molecule has 1 unspecified atom stereocenters. The van der Waals surface area contributed by atoms with Gasteiger partial charge in [-0.05, 0) is 12.3 Å². The maximum absolute atomic E-state index is 5.44. The molecule has 2 aliphatic rings. The van der Waals surface area contributed by atoms with E-state index in [2.05, 4.69) is 17.1 Å². The Bertz CT molecular complexity index is 163. The zero-order chi connectivity index (χ0) is 9.80. The summed E-state index contributed by atoms with van der Waals surface area (Å²) in [5, 5.41) is 3.50. The molecule has 0 aliphatic carbocycles. The summed E-state index contributed by atoms with van der Waals surface area (Å²) in [6.45, 7) is 8.89. The van der Waals surface area contributed by atoms with Crippen LogP contribution >= 0.6 is 0 Å². The molecule has 2 saturated heterocycles. The summed E-state index contributed by atoms with van der Waals surface area (Å²) in [4.78, 5) is 2.55. The van der Waals surface area contributed by atoms with Gasteiger partial charge in [-0.25, -0.2) is 0 Å². The van der Waals surface area contributed by atoms with Gasteiger partial charge in [-0.2, -0.15) is 0 Å². The van der Waals surface area contributed by atoms with Crippen molar-refractivity contribution in [1.29, 1.82) is 0 Å². The Morgan fingerprint density at radius 2 is 2.29 bits per heavy atom. The standard InChI is InChI=1S/C11H22N2O/c1-2-3-10-6-13(7-10)8-11-9-14-5-4-12-11/h10-12H,2-9H2,1H3. The molecule has 1 N–H and O–H groups in total. The molecule has 0 aromatic heterocycles. The zero-order valence-corrected chi connectivity index (χ0v) is 9.17. The lowest BCUT2D eigenvalue weighted by Crippen LogP contribution is -2.55. The van der Waals surface area contributed by atoms with Crippen molar-refractivity contribution in [3.05, 3.63) is 0 Å². The van der Waals surface area contributed by atoms with Gasteiger partial charge in [-0.3, -0.25) is 0 Å². The van der Waals surface area contributed by atoms with E-state index in [1.807, 2.05) is 0 Å². The third-order valence-corrected chi connectivity index (χ3v) is 3.21. The van der Waals surface area contributed by atoms with Crippen LogP contribution in [0.4, 0.5) is 0 Å². The van der Waals surface area contributed by atoms with Crippen LogP contribution in [0.1, 0.15) is 19.8 Å². The summed E-state index contributed by atoms with van der Waals surface area (Å²) in [7, 11) is 0. The summed E-state index contributed by atoms with van der Waals surface area (Å²) in [6, 6.07) is 0.575. The molecule has 0 radical (unpaired) electrons. The van der Waals surface area contributed by atoms with Crippen LogP contribution in [0.25, 0.3) is 0 Å². The number of hydrogen-bond acceptors (Lipinski definition) is 3. The predicted octanol–water partition coefficient (Wildman–Crippen LogP) is 0.707. The predicted molar refractivity (Wildman–Crippen MR) is 57.4 cm³/mol. The van der Waals surface area contributed by atoms with Crippen LogP contribution in [0.3, 0.4) is 0 Å². The second-order valence-electron chi connectivity index (χ2n) is 4.60. The summed E-state index contributed by atoms with van der Waals surface area (Å²) in [6.07, 6.45) is 2.74. The normalized spacial score (nSPS) is 30.2. The monoisotopic (exact) mass is 198 g/mol. The van der Waals surface area contributed by atoms with Gasteiger partial charge in [-0.1, -0.05) is 13.3 Å². The molecule has 0 saturated carbocycles. The molecule has 3 nitrogen and oxygen atoms in total. The number of hydrogen-bond donors (Lipinski definition) is 1. The average molecular weight is 198 g/mol. The fourth-order valence-electron chi connectivity index (χ4n) is 2.47. The first kappa shape index (κ1) is 10.4. The van der Waals surface area contributed by atoms with Crippen molar-refractivity contribution < 1.29 is 4.74 Å². The molecule has 2 aliphatic heterocycles. The highest BCUT2D eigenvalue weighted by atomic mass is 16.5. The number of nitrogens with zero attached hydrogens (tertiary/aromatic N) is 1. The van der Waals surface area contributed by atoms with Crippen molar-refractivity contribution in [2.24, 2.45) is 5.92 Å². The Labute approximate surface area is 86.8 Å². The highest BCUT2D eigenvalue weighted by molar-refractivity contribution is 4.84. The van der Waals surface area contributed by atoms with Crippen molar-refractivity contribution in [2.45, 2.75) is 25.8 Å². The summed E-state index contributed by atoms with van der Waals surface area (Å²) in [5.74, 6) is 0.976. The average Bonchev–Trinajstić information content (AvgIpc) is 2.16. The topological polar surface area (TPSA) is 24.5 Å². The Hall–Kier alpha value is -0.120. The zero-order valence-electron chi connectivity index (χ0n) is 9.17. The third-order valence-electron chi connectivity index (χ3n) is 3.21. The van der Waals surface area contributed by atoms with Gasteiger partial charge in [0.25, 0.3) is 0 Å². The van der Waals surface area contributed by atoms with E-state index in [1.54, 1.807) is 0 Å². The first-order valence-electron chi connectivity index (χ1n) is 5.92. The largest absolute Gasteiger partial charge is 0.378 e. The first-order valence-corrected chi connectivity index (χ1v) is 5.92. The number of likely N-dealkylation sites (tertiary alicyclic amines) is 1. The van der Waals surface area contributed by atoms with Gasteiger partial charge in [0.2, 0.25) is 0 Å². The van der Waals surface area contributed by atoms with Crippen molar-refractivity contribution >= 4 is 0 Å². The van der Waals surface area contributed by atoms with Gasteiger partial charge in [0.05, 0.1) is 13.2 Å². The van der Waals surface area contributed by atoms with E-state index in [9.17, 15) is 0 Å². The van der Waals surface area contributed by atoms with Crippen LogP contribution in [0, 0.1) is 5.92 Å². The van der Waals surface area contributed by atoms with E-state index < -0.39 is 0 Å². The van der Waals surface area contributed by atoms with E-state index >= 15 is 0 Å². The highest BCUT2D eigenvalue weighted by Gasteiger charge is 2.28. The second-order valence-corrected chi connectivity index (χ2v) is 4.60. The molecular formula is C11H22N2O. The van der Waals surface area contributed by atoms with E-state index in [0.29, 0.717) is 6.04 Å². The van der Waals surface area contributed by atoms with Crippen molar-refractivity contribution in [1.82, 2.24) is 10.2 Å². The minimum absolute atomic E-state index is 0.575. The molecule has 0 spiro atoms. The van der Waals surface area contributed by atoms with Crippen LogP contribution in [0.2, 0.25) is 0 Å². The fraction of sp³-hybridized carbons (Fsp3) is 1.00. The molecule has 14 heavy (non-hydrogen) atoms. The summed E-state index contributed by atoms with van der Waals surface area (Å²) in [5.41, 5.74) is 0. The van der Waals surface area contributed by atoms with E-state index in [1.165, 1.54) is 32.5 Å². The molecule has 3 heteroatoms. The lowest BCUT2D eigenvalue weighted by Gasteiger charge is -2.42. The molecule has 82 valence electrons. The third kappa shape index (κ3) is 2.69. The van der Waals surface area contributed by atoms with Crippen molar-refractivity contribution in [3.63, 3.8) is 0 Å². The molecule has 2 heterocycles. The molecule has 2 fully saturated rings. The number of ether oxygens (including phenoxy) is 1. The lowest BCUT2D eigenvalue weighted by molar-refractivity contribution is 0.0304. The molecule has 0 aromatic rings. The number of rotatable bonds is 4. The molecule has 0 bridgehead atoms. The molecular weight excluding hydrogens is 176 g/mol. The maximum Gasteiger partial charge on any atom is 0.0632 e. The lowest BCUT2D eigenvalue weighted by atomic mass is 9.94. The second kappa shape index (κ2) is 5.10. The van der Waals surface area contributed by atoms with Crippen LogP contribution in [0.5, 0.6) is 0 Å². The minimum Gasteiger partial charge on any atom is -0.378 e. The Kier molecular flexibility index (Phi) is 3.79. The van der Waals surface area contributed by atoms with E-state index in [4.69, 9.17) is 4.74 Å². The number of morpholine rings is 1. The van der Waals surface area contributed by atoms with Crippen molar-refractivity contribution in [3.8, 4) is 0 Å². The highest BCUT2D eigenvalue weighted by Crippen LogP contribution is 2.20. The van der Waals surface area contributed by atoms with Gasteiger partial charge < -0.3 is 15.0 Å². The van der Waals surface area contributed by atoms with E-state index in [0.717, 1.165) is 25.7 Å². The molecule has 0 amide bonds. The van der Waals surface area contributed by atoms with Crippen LogP contribution in [-0.2, 0) is 4.74 Å². The first-order chi connectivity index (χ1) is 6.88. The van der Waals surface area contributed by atoms with Crippen LogP contribution in [-0.4, -0.2) is 50.3 Å². The Balaban J connectivity index is 1.58. The van der Waals surface area contributed by atoms with Gasteiger partial charge in [0.1, 0.15) is 0 Å². The molecule has 0 aromatic carbocycles. The van der Waals surface area contributed by atoms with E-state index in [-0.39, 0.29) is 0 Å². The summed E-state index contributed by atoms with van der Waals surface area (Å²) < 4.78 is 5.44. The van der Waals surface area contributed by atoms with Crippen LogP contribution < -0.4 is 5.32 Å². The van der Waals surface area contributed by atoms with Gasteiger partial charge in [0, 0.05) is 32.2 Å². The Morgan fingerprint density at radius 1 is 1.43 bits per heavy atom. The van der Waals surface area contributed by atoms with Crippen molar-refractivity contribution in [2.75, 3.05) is 39.4 Å². The number of nitrogens with one attached hydrogen (secondary N) is 1. The van der Waals surface area contributed by atoms with Gasteiger partial charge in [-0.15, -0.1) is 0 Å². The summed E-state index contributed by atoms with van der Waals surface area (Å²) >= 11 is 0. The quantitative estimate of drug-likeness (QED) is 0.720. The maximum atomic E-state index is 5.44. The smallest absolute Gasteiger partial charge is 0.0632 e. The minimum atomic E-state index is 0.575. The van der Waals surface area contributed by atoms with Gasteiger partial charge in [0.15, 0.2) is 0 Å². The fourth-order valence-corrected chi connectivity index (χ4v) is 2.47. The van der Waals surface area contributed by atoms with Gasteiger partial charge >= 0.3 is 0 Å².